The Morgan fingerprint density at radius 2 is 1.95 bits per heavy atom. The number of rotatable bonds is 7. The van der Waals surface area contributed by atoms with E-state index in [1.165, 1.54) is 12.1 Å². The van der Waals surface area contributed by atoms with Crippen LogP contribution in [0.5, 0.6) is 5.75 Å². The molecule has 0 fully saturated rings. The van der Waals surface area contributed by atoms with Gasteiger partial charge in [0.2, 0.25) is 10.0 Å². The summed E-state index contributed by atoms with van der Waals surface area (Å²) in [6.07, 6.45) is -4.36. The minimum atomic E-state index is -4.88. The lowest BCUT2D eigenvalue weighted by molar-refractivity contribution is -0.274. The highest BCUT2D eigenvalue weighted by Crippen LogP contribution is 2.25. The first kappa shape index (κ1) is 18.7. The third-order valence-corrected chi connectivity index (χ3v) is 4.23. The molecule has 0 heterocycles. The summed E-state index contributed by atoms with van der Waals surface area (Å²) in [5.41, 5.74) is 5.52. The lowest BCUT2D eigenvalue weighted by Crippen LogP contribution is -2.40. The largest absolute Gasteiger partial charge is 0.573 e. The minimum absolute atomic E-state index is 0.0934. The van der Waals surface area contributed by atoms with Crippen LogP contribution >= 0.6 is 0 Å². The fourth-order valence-corrected chi connectivity index (χ4v) is 3.18. The van der Waals surface area contributed by atoms with Gasteiger partial charge in [-0.2, -0.15) is 0 Å². The summed E-state index contributed by atoms with van der Waals surface area (Å²) in [5, 5.41) is 0. The molecule has 1 unspecified atom stereocenters. The van der Waals surface area contributed by atoms with Crippen molar-refractivity contribution in [3.8, 4) is 5.75 Å². The van der Waals surface area contributed by atoms with Crippen LogP contribution in [-0.4, -0.2) is 27.4 Å². The molecule has 0 amide bonds. The molecule has 126 valence electrons. The van der Waals surface area contributed by atoms with E-state index >= 15 is 0 Å². The van der Waals surface area contributed by atoms with Crippen molar-refractivity contribution in [2.24, 2.45) is 11.7 Å². The zero-order valence-electron chi connectivity index (χ0n) is 12.2. The monoisotopic (exact) mass is 340 g/mol. The zero-order valence-corrected chi connectivity index (χ0v) is 13.0. The molecule has 5 nitrogen and oxygen atoms in total. The Balaban J connectivity index is 2.95. The van der Waals surface area contributed by atoms with Crippen LogP contribution in [0.25, 0.3) is 0 Å². The van der Waals surface area contributed by atoms with Crippen molar-refractivity contribution < 1.29 is 26.3 Å². The maximum Gasteiger partial charge on any atom is 0.573 e. The Hall–Kier alpha value is -1.32. The lowest BCUT2D eigenvalue weighted by atomic mass is 10.1. The third-order valence-electron chi connectivity index (χ3n) is 2.71. The van der Waals surface area contributed by atoms with Gasteiger partial charge < -0.3 is 10.5 Å². The molecule has 0 radical (unpaired) electrons. The molecule has 3 N–H and O–H groups in total. The number of nitrogens with one attached hydrogen (secondary N) is 1. The van der Waals surface area contributed by atoms with Crippen LogP contribution in [0.2, 0.25) is 0 Å². The maximum atomic E-state index is 12.2. The number of hydrogen-bond donors (Lipinski definition) is 2. The summed E-state index contributed by atoms with van der Waals surface area (Å²) >= 11 is 0. The van der Waals surface area contributed by atoms with Gasteiger partial charge in [0, 0.05) is 18.7 Å². The first-order valence-corrected chi connectivity index (χ1v) is 8.10. The molecule has 1 rings (SSSR count). The van der Waals surface area contributed by atoms with Gasteiger partial charge in [0.25, 0.3) is 0 Å². The molecule has 0 bridgehead atoms. The van der Waals surface area contributed by atoms with E-state index in [0.29, 0.717) is 6.42 Å². The fraction of sp³-hybridized carbons (Fsp3) is 0.538. The SMILES string of the molecule is CC(C)CC(CN)NS(=O)(=O)c1cccc(OC(F)(F)F)c1. The molecule has 0 aliphatic carbocycles. The molecule has 9 heteroatoms. The molecule has 0 saturated carbocycles. The van der Waals surface area contributed by atoms with E-state index in [0.717, 1.165) is 12.1 Å². The van der Waals surface area contributed by atoms with E-state index < -0.39 is 28.2 Å². The Kier molecular flexibility index (Phi) is 6.21. The molecule has 22 heavy (non-hydrogen) atoms. The zero-order chi connectivity index (χ0) is 17.0. The highest BCUT2D eigenvalue weighted by Gasteiger charge is 2.31. The Morgan fingerprint density at radius 3 is 2.45 bits per heavy atom. The van der Waals surface area contributed by atoms with E-state index in [9.17, 15) is 21.6 Å². The smallest absolute Gasteiger partial charge is 0.406 e. The van der Waals surface area contributed by atoms with Crippen molar-refractivity contribution in [3.63, 3.8) is 0 Å². The Morgan fingerprint density at radius 1 is 1.32 bits per heavy atom. The lowest BCUT2D eigenvalue weighted by Gasteiger charge is -2.19. The van der Waals surface area contributed by atoms with Crippen molar-refractivity contribution >= 4 is 10.0 Å². The van der Waals surface area contributed by atoms with Gasteiger partial charge >= 0.3 is 6.36 Å². The molecule has 1 aromatic carbocycles. The van der Waals surface area contributed by atoms with Crippen LogP contribution in [0.15, 0.2) is 29.2 Å². The second-order valence-corrected chi connectivity index (χ2v) is 6.92. The highest BCUT2D eigenvalue weighted by atomic mass is 32.2. The number of hydrogen-bond acceptors (Lipinski definition) is 4. The van der Waals surface area contributed by atoms with Gasteiger partial charge in [-0.15, -0.1) is 13.2 Å². The van der Waals surface area contributed by atoms with Crippen molar-refractivity contribution in [1.29, 1.82) is 0 Å². The van der Waals surface area contributed by atoms with Gasteiger partial charge in [0.15, 0.2) is 0 Å². The first-order valence-electron chi connectivity index (χ1n) is 6.61. The van der Waals surface area contributed by atoms with E-state index in [1.54, 1.807) is 0 Å². The number of sulfonamides is 1. The summed E-state index contributed by atoms with van der Waals surface area (Å²) in [5.74, 6) is -0.375. The van der Waals surface area contributed by atoms with Crippen LogP contribution in [0.3, 0.4) is 0 Å². The Bertz CT molecular complexity index is 588. The van der Waals surface area contributed by atoms with E-state index in [2.05, 4.69) is 9.46 Å². The summed E-state index contributed by atoms with van der Waals surface area (Å²) in [6, 6.07) is 3.72. The van der Waals surface area contributed by atoms with Crippen molar-refractivity contribution in [3.05, 3.63) is 24.3 Å². The molecule has 0 aromatic heterocycles. The summed E-state index contributed by atoms with van der Waals surface area (Å²) in [6.45, 7) is 3.92. The average Bonchev–Trinajstić information content (AvgIpc) is 2.35. The van der Waals surface area contributed by atoms with E-state index in [-0.39, 0.29) is 17.4 Å². The second-order valence-electron chi connectivity index (χ2n) is 5.21. The predicted octanol–water partition coefficient (Wildman–Crippen LogP) is 2.24. The van der Waals surface area contributed by atoms with Crippen molar-refractivity contribution in [2.45, 2.75) is 37.6 Å². The van der Waals surface area contributed by atoms with Crippen molar-refractivity contribution in [1.82, 2.24) is 4.72 Å². The standard InChI is InChI=1S/C13H19F3N2O3S/c1-9(2)6-10(8-17)18-22(19,20)12-5-3-4-11(7-12)21-13(14,15)16/h3-5,7,9-10,18H,6,8,17H2,1-2H3. The van der Waals surface area contributed by atoms with Gasteiger partial charge in [-0.05, 0) is 24.5 Å². The normalized spacial score (nSPS) is 14.1. The van der Waals surface area contributed by atoms with E-state index in [4.69, 9.17) is 5.73 Å². The number of nitrogens with two attached hydrogens (primary N) is 1. The molecule has 0 aliphatic heterocycles. The van der Waals surface area contributed by atoms with Crippen LogP contribution < -0.4 is 15.2 Å². The predicted molar refractivity (Wildman–Crippen MR) is 75.7 cm³/mol. The number of benzene rings is 1. The maximum absolute atomic E-state index is 12.2. The molecule has 0 saturated heterocycles. The summed E-state index contributed by atoms with van der Waals surface area (Å²) in [7, 11) is -3.97. The minimum Gasteiger partial charge on any atom is -0.406 e. The van der Waals surface area contributed by atoms with Gasteiger partial charge in [0.05, 0.1) is 4.90 Å². The molecular weight excluding hydrogens is 321 g/mol. The summed E-state index contributed by atoms with van der Waals surface area (Å²) < 4.78 is 67.0. The number of alkyl halides is 3. The van der Waals surface area contributed by atoms with Crippen LogP contribution in [-0.2, 0) is 10.0 Å². The summed E-state index contributed by atoms with van der Waals surface area (Å²) in [4.78, 5) is -0.309. The van der Waals surface area contributed by atoms with Crippen LogP contribution in [0.4, 0.5) is 13.2 Å². The highest BCUT2D eigenvalue weighted by molar-refractivity contribution is 7.89. The number of halogens is 3. The Labute approximate surface area is 127 Å². The molecule has 0 spiro atoms. The van der Waals surface area contributed by atoms with E-state index in [1.807, 2.05) is 13.8 Å². The van der Waals surface area contributed by atoms with Gasteiger partial charge in [-0.3, -0.25) is 0 Å². The average molecular weight is 340 g/mol. The molecule has 1 atom stereocenters. The molecule has 1 aromatic rings. The first-order chi connectivity index (χ1) is 10.0. The van der Waals surface area contributed by atoms with Crippen LogP contribution in [0, 0.1) is 5.92 Å². The van der Waals surface area contributed by atoms with Gasteiger partial charge in [-0.1, -0.05) is 19.9 Å². The quantitative estimate of drug-likeness (QED) is 0.798. The third kappa shape index (κ3) is 6.20. The fourth-order valence-electron chi connectivity index (χ4n) is 1.89. The van der Waals surface area contributed by atoms with Gasteiger partial charge in [0.1, 0.15) is 5.75 Å². The van der Waals surface area contributed by atoms with Gasteiger partial charge in [-0.25, -0.2) is 13.1 Å². The molecule has 0 aliphatic rings. The number of ether oxygens (including phenoxy) is 1. The topological polar surface area (TPSA) is 81.4 Å². The van der Waals surface area contributed by atoms with Crippen molar-refractivity contribution in [2.75, 3.05) is 6.54 Å². The second kappa shape index (κ2) is 7.30. The van der Waals surface area contributed by atoms with Crippen LogP contribution in [0.1, 0.15) is 20.3 Å². The molecular formula is C13H19F3N2O3S.